The molecule has 1 saturated heterocycles. The molecule has 1 heterocycles. The van der Waals surface area contributed by atoms with E-state index in [9.17, 15) is 4.79 Å². The molecule has 0 radical (unpaired) electrons. The first-order valence-electron chi connectivity index (χ1n) is 11.0. The van der Waals surface area contributed by atoms with Gasteiger partial charge < -0.3 is 0 Å². The predicted molar refractivity (Wildman–Crippen MR) is 149 cm³/mol. The third-order valence-electron chi connectivity index (χ3n) is 6.56. The van der Waals surface area contributed by atoms with Crippen molar-refractivity contribution in [3.05, 3.63) is 120 Å². The van der Waals surface area contributed by atoms with Crippen molar-refractivity contribution in [2.45, 2.75) is 12.1 Å². The summed E-state index contributed by atoms with van der Waals surface area (Å²) in [5, 5.41) is 4.40. The number of nitrogens with zero attached hydrogens (tertiary/aromatic N) is 1. The molecule has 1 aliphatic heterocycles. The molecular formula is C28H26BrClNOP. The molecule has 0 aliphatic carbocycles. The van der Waals surface area contributed by atoms with Crippen LogP contribution in [0.3, 0.4) is 0 Å². The van der Waals surface area contributed by atoms with Gasteiger partial charge in [-0.05, 0) is 0 Å². The third kappa shape index (κ3) is 4.15. The van der Waals surface area contributed by atoms with Crippen molar-refractivity contribution in [1.29, 1.82) is 0 Å². The molecule has 168 valence electrons. The standard InChI is InChI=1S/C28H25ClNOP.BrH/c29-25-18-10-11-19-26(25)30-21-20-27(28(30)31)32(22-12-4-1-5-13-22,23-14-6-2-7-15-23)24-16-8-3-9-17-24;/h1-19,27,32H,20-21H2;1H. The van der Waals surface area contributed by atoms with E-state index in [1.165, 1.54) is 15.9 Å². The summed E-state index contributed by atoms with van der Waals surface area (Å²) in [5.41, 5.74) is 0.685. The summed E-state index contributed by atoms with van der Waals surface area (Å²) in [7, 11) is -2.68. The number of rotatable bonds is 5. The summed E-state index contributed by atoms with van der Waals surface area (Å²) >= 11 is 6.50. The molecule has 0 N–H and O–H groups in total. The van der Waals surface area contributed by atoms with Gasteiger partial charge in [-0.3, -0.25) is 0 Å². The average Bonchev–Trinajstić information content (AvgIpc) is 3.23. The van der Waals surface area contributed by atoms with Crippen LogP contribution in [0.5, 0.6) is 0 Å². The Kier molecular flexibility index (Phi) is 7.34. The molecule has 4 aromatic rings. The Labute approximate surface area is 211 Å². The average molecular weight is 539 g/mol. The Morgan fingerprint density at radius 2 is 1.09 bits per heavy atom. The van der Waals surface area contributed by atoms with Crippen molar-refractivity contribution in [3.8, 4) is 0 Å². The summed E-state index contributed by atoms with van der Waals surface area (Å²) in [4.78, 5) is 16.0. The number of hydrogen-bond donors (Lipinski definition) is 0. The van der Waals surface area contributed by atoms with Gasteiger partial charge in [0.15, 0.2) is 0 Å². The molecule has 0 bridgehead atoms. The summed E-state index contributed by atoms with van der Waals surface area (Å²) in [6, 6.07) is 39.6. The number of anilines is 1. The maximum absolute atomic E-state index is 14.1. The second-order valence-electron chi connectivity index (χ2n) is 8.19. The fraction of sp³-hybridized carbons (Fsp3) is 0.107. The van der Waals surface area contributed by atoms with E-state index < -0.39 is 7.26 Å². The van der Waals surface area contributed by atoms with Gasteiger partial charge in [-0.15, -0.1) is 17.0 Å². The number of hydrogen-bond acceptors (Lipinski definition) is 1. The van der Waals surface area contributed by atoms with E-state index in [0.717, 1.165) is 12.1 Å². The zero-order valence-electron chi connectivity index (χ0n) is 18.1. The quantitative estimate of drug-likeness (QED) is 0.296. The molecule has 2 nitrogen and oxygen atoms in total. The van der Waals surface area contributed by atoms with Gasteiger partial charge in [0.25, 0.3) is 0 Å². The summed E-state index contributed by atoms with van der Waals surface area (Å²) in [5.74, 6) is 0.168. The van der Waals surface area contributed by atoms with Crippen LogP contribution in [-0.4, -0.2) is 18.1 Å². The molecule has 33 heavy (non-hydrogen) atoms. The topological polar surface area (TPSA) is 20.3 Å². The van der Waals surface area contributed by atoms with E-state index in [2.05, 4.69) is 72.8 Å². The first kappa shape index (κ1) is 23.7. The number of amides is 1. The van der Waals surface area contributed by atoms with Crippen LogP contribution in [0.1, 0.15) is 6.42 Å². The molecule has 1 unspecified atom stereocenters. The zero-order valence-corrected chi connectivity index (χ0v) is 21.6. The minimum absolute atomic E-state index is 0. The van der Waals surface area contributed by atoms with Gasteiger partial charge in [0.2, 0.25) is 0 Å². The fourth-order valence-electron chi connectivity index (χ4n) is 5.20. The van der Waals surface area contributed by atoms with Crippen LogP contribution < -0.4 is 20.8 Å². The number of carbonyl (C=O) groups is 1. The molecule has 5 heteroatoms. The number of halogens is 2. The van der Waals surface area contributed by atoms with Crippen LogP contribution in [0.25, 0.3) is 0 Å². The van der Waals surface area contributed by atoms with Gasteiger partial charge in [0.1, 0.15) is 0 Å². The van der Waals surface area contributed by atoms with E-state index >= 15 is 0 Å². The van der Waals surface area contributed by atoms with Crippen molar-refractivity contribution in [2.24, 2.45) is 0 Å². The minimum atomic E-state index is -2.68. The van der Waals surface area contributed by atoms with Crippen molar-refractivity contribution in [1.82, 2.24) is 0 Å². The first-order valence-corrected chi connectivity index (χ1v) is 13.4. The van der Waals surface area contributed by atoms with Crippen LogP contribution in [0.2, 0.25) is 5.02 Å². The Morgan fingerprint density at radius 1 is 0.667 bits per heavy atom. The number of para-hydroxylation sites is 1. The van der Waals surface area contributed by atoms with Crippen molar-refractivity contribution in [3.63, 3.8) is 0 Å². The molecule has 5 rings (SSSR count). The van der Waals surface area contributed by atoms with E-state index in [0.29, 0.717) is 11.6 Å². The maximum atomic E-state index is 14.1. The van der Waals surface area contributed by atoms with Crippen LogP contribution >= 0.6 is 35.8 Å². The van der Waals surface area contributed by atoms with Crippen molar-refractivity contribution >= 4 is 63.4 Å². The zero-order chi connectivity index (χ0) is 22.0. The van der Waals surface area contributed by atoms with E-state index in [-0.39, 0.29) is 28.5 Å². The molecular weight excluding hydrogens is 513 g/mol. The molecule has 4 aromatic carbocycles. The van der Waals surface area contributed by atoms with Gasteiger partial charge >= 0.3 is 195 Å². The third-order valence-corrected chi connectivity index (χ3v) is 12.2. The van der Waals surface area contributed by atoms with E-state index in [4.69, 9.17) is 11.6 Å². The van der Waals surface area contributed by atoms with E-state index in [1.54, 1.807) is 0 Å². The van der Waals surface area contributed by atoms with Crippen LogP contribution in [0.4, 0.5) is 5.69 Å². The molecule has 0 aromatic heterocycles. The SMILES string of the molecule is Br.O=C1C([PH](c2ccccc2)(c2ccccc2)c2ccccc2)CCN1c1ccccc1Cl. The van der Waals surface area contributed by atoms with Gasteiger partial charge in [-0.2, -0.15) is 0 Å². The Hall–Kier alpha value is -2.45. The number of carbonyl (C=O) groups excluding carboxylic acids is 1. The van der Waals surface area contributed by atoms with Crippen molar-refractivity contribution in [2.75, 3.05) is 11.4 Å². The van der Waals surface area contributed by atoms with Crippen molar-refractivity contribution < 1.29 is 4.79 Å². The summed E-state index contributed by atoms with van der Waals surface area (Å²) in [6.07, 6.45) is 0.801. The molecule has 1 atom stereocenters. The normalized spacial score (nSPS) is 16.3. The first-order chi connectivity index (χ1) is 15.7. The number of benzene rings is 4. The van der Waals surface area contributed by atoms with Gasteiger partial charge in [-0.1, -0.05) is 0 Å². The van der Waals surface area contributed by atoms with Crippen LogP contribution in [0, 0.1) is 0 Å². The fourth-order valence-corrected chi connectivity index (χ4v) is 10.9. The van der Waals surface area contributed by atoms with Crippen LogP contribution in [-0.2, 0) is 4.79 Å². The predicted octanol–water partition coefficient (Wildman–Crippen LogP) is 5.75. The molecule has 1 aliphatic rings. The van der Waals surface area contributed by atoms with Gasteiger partial charge in [-0.25, -0.2) is 0 Å². The molecule has 0 spiro atoms. The van der Waals surface area contributed by atoms with Gasteiger partial charge in [0.05, 0.1) is 0 Å². The van der Waals surface area contributed by atoms with Gasteiger partial charge in [0, 0.05) is 0 Å². The Bertz CT molecular complexity index is 1120. The second-order valence-corrected chi connectivity index (χ2v) is 12.6. The molecule has 1 fully saturated rings. The molecule has 1 amide bonds. The summed E-state index contributed by atoms with van der Waals surface area (Å²) < 4.78 is 0. The Morgan fingerprint density at radius 3 is 1.55 bits per heavy atom. The Balaban J connectivity index is 0.00000259. The molecule has 0 saturated carbocycles. The van der Waals surface area contributed by atoms with Crippen LogP contribution in [0.15, 0.2) is 115 Å². The summed E-state index contributed by atoms with van der Waals surface area (Å²) in [6.45, 7) is 0.675. The second kappa shape index (κ2) is 10.2. The van der Waals surface area contributed by atoms with E-state index in [1.807, 2.05) is 47.4 Å². The monoisotopic (exact) mass is 537 g/mol.